The van der Waals surface area contributed by atoms with Gasteiger partial charge in [-0.25, -0.2) is 0 Å². The fraction of sp³-hybridized carbons (Fsp3) is 0.0667. The van der Waals surface area contributed by atoms with E-state index in [2.05, 4.69) is 4.99 Å². The third-order valence-electron chi connectivity index (χ3n) is 2.41. The van der Waals surface area contributed by atoms with Gasteiger partial charge in [0.2, 0.25) is 0 Å². The smallest absolute Gasteiger partial charge is 0.267 e. The molecule has 0 saturated heterocycles. The summed E-state index contributed by atoms with van der Waals surface area (Å²) in [5, 5.41) is 0. The first-order valence-corrected chi connectivity index (χ1v) is 7.12. The topological polar surface area (TPSA) is 29.4 Å². The molecule has 0 aliphatic carbocycles. The van der Waals surface area contributed by atoms with Crippen LogP contribution in [0.15, 0.2) is 65.7 Å². The van der Waals surface area contributed by atoms with Crippen molar-refractivity contribution in [2.24, 2.45) is 4.99 Å². The second-order valence-electron chi connectivity index (χ2n) is 3.81. The summed E-state index contributed by atoms with van der Waals surface area (Å²) in [4.78, 5) is 15.6. The minimum absolute atomic E-state index is 0.262. The highest BCUT2D eigenvalue weighted by atomic mass is 35.5. The monoisotopic (exact) mass is 289 g/mol. The zero-order valence-electron chi connectivity index (χ0n) is 10.1. The number of amides is 1. The third kappa shape index (κ3) is 4.54. The van der Waals surface area contributed by atoms with Gasteiger partial charge >= 0.3 is 0 Å². The lowest BCUT2D eigenvalue weighted by atomic mass is 10.2. The number of nitrogens with zero attached hydrogens (tertiary/aromatic N) is 1. The predicted octanol–water partition coefficient (Wildman–Crippen LogP) is 4.36. The van der Waals surface area contributed by atoms with Gasteiger partial charge in [0.15, 0.2) is 4.50 Å². The second kappa shape index (κ2) is 7.12. The number of benzene rings is 2. The summed E-state index contributed by atoms with van der Waals surface area (Å²) >= 11 is 7.31. The molecule has 96 valence electrons. The van der Waals surface area contributed by atoms with Gasteiger partial charge in [-0.1, -0.05) is 71.9 Å². The molecule has 1 amide bonds. The standard InChI is InChI=1S/C15H12ClNOS/c16-15(19-11-12-7-3-1-4-8-12)17-14(18)13-9-5-2-6-10-13/h1-10H,11H2. The van der Waals surface area contributed by atoms with E-state index in [1.807, 2.05) is 36.4 Å². The zero-order chi connectivity index (χ0) is 13.5. The van der Waals surface area contributed by atoms with Crippen molar-refractivity contribution in [3.8, 4) is 0 Å². The fourth-order valence-electron chi connectivity index (χ4n) is 1.47. The van der Waals surface area contributed by atoms with Crippen LogP contribution in [0.25, 0.3) is 0 Å². The van der Waals surface area contributed by atoms with Crippen LogP contribution in [0.4, 0.5) is 0 Å². The van der Waals surface area contributed by atoms with Gasteiger partial charge in [-0.05, 0) is 17.7 Å². The quantitative estimate of drug-likeness (QED) is 0.621. The average molecular weight is 290 g/mol. The molecule has 4 heteroatoms. The number of hydrogen-bond acceptors (Lipinski definition) is 2. The predicted molar refractivity (Wildman–Crippen MR) is 81.8 cm³/mol. The van der Waals surface area contributed by atoms with Crippen LogP contribution in [0.2, 0.25) is 0 Å². The number of aliphatic imine (C=N–C) groups is 1. The van der Waals surface area contributed by atoms with Gasteiger partial charge in [0.05, 0.1) is 0 Å². The third-order valence-corrected chi connectivity index (χ3v) is 3.63. The minimum Gasteiger partial charge on any atom is -0.267 e. The van der Waals surface area contributed by atoms with E-state index >= 15 is 0 Å². The van der Waals surface area contributed by atoms with Crippen molar-refractivity contribution in [1.82, 2.24) is 0 Å². The zero-order valence-corrected chi connectivity index (χ0v) is 11.7. The molecule has 2 nitrogen and oxygen atoms in total. The lowest BCUT2D eigenvalue weighted by Crippen LogP contribution is -1.96. The highest BCUT2D eigenvalue weighted by Gasteiger charge is 2.05. The summed E-state index contributed by atoms with van der Waals surface area (Å²) in [6.45, 7) is 0. The molecule has 0 aliphatic rings. The molecule has 2 aromatic carbocycles. The van der Waals surface area contributed by atoms with Gasteiger partial charge in [0, 0.05) is 11.3 Å². The van der Waals surface area contributed by atoms with E-state index in [9.17, 15) is 4.79 Å². The van der Waals surface area contributed by atoms with Crippen molar-refractivity contribution in [2.45, 2.75) is 5.75 Å². The normalized spacial score (nSPS) is 11.3. The van der Waals surface area contributed by atoms with Gasteiger partial charge in [-0.3, -0.25) is 4.79 Å². The maximum Gasteiger partial charge on any atom is 0.278 e. The van der Waals surface area contributed by atoms with Crippen LogP contribution in [-0.2, 0) is 5.75 Å². The second-order valence-corrected chi connectivity index (χ2v) is 5.36. The van der Waals surface area contributed by atoms with Crippen LogP contribution in [0, 0.1) is 0 Å². The molecule has 0 aromatic heterocycles. The summed E-state index contributed by atoms with van der Waals surface area (Å²) in [5.41, 5.74) is 1.69. The molecule has 0 atom stereocenters. The lowest BCUT2D eigenvalue weighted by molar-refractivity contribution is 0.100. The minimum atomic E-state index is -0.314. The number of carbonyl (C=O) groups excluding carboxylic acids is 1. The Balaban J connectivity index is 1.94. The molecule has 2 rings (SSSR count). The molecule has 0 fully saturated rings. The summed E-state index contributed by atoms with van der Waals surface area (Å²) in [7, 11) is 0. The largest absolute Gasteiger partial charge is 0.278 e. The highest BCUT2D eigenvalue weighted by Crippen LogP contribution is 2.16. The van der Waals surface area contributed by atoms with Gasteiger partial charge in [0.25, 0.3) is 5.91 Å². The van der Waals surface area contributed by atoms with Gasteiger partial charge < -0.3 is 0 Å². The van der Waals surface area contributed by atoms with E-state index < -0.39 is 0 Å². The van der Waals surface area contributed by atoms with E-state index in [1.54, 1.807) is 24.3 Å². The number of carbonyl (C=O) groups is 1. The molecule has 0 aliphatic heterocycles. The number of thioether (sulfide) groups is 1. The van der Waals surface area contributed by atoms with Crippen molar-refractivity contribution >= 4 is 33.8 Å². The van der Waals surface area contributed by atoms with E-state index in [-0.39, 0.29) is 10.4 Å². The van der Waals surface area contributed by atoms with Crippen molar-refractivity contribution in [3.63, 3.8) is 0 Å². The van der Waals surface area contributed by atoms with Crippen LogP contribution in [-0.4, -0.2) is 10.4 Å². The first-order chi connectivity index (χ1) is 9.25. The van der Waals surface area contributed by atoms with Crippen molar-refractivity contribution in [1.29, 1.82) is 0 Å². The molecular weight excluding hydrogens is 278 g/mol. The molecule has 0 heterocycles. The Hall–Kier alpha value is -1.58. The van der Waals surface area contributed by atoms with Crippen LogP contribution in [0.5, 0.6) is 0 Å². The Morgan fingerprint density at radius 2 is 1.58 bits per heavy atom. The van der Waals surface area contributed by atoms with E-state index in [0.29, 0.717) is 11.3 Å². The van der Waals surface area contributed by atoms with Crippen LogP contribution in [0.1, 0.15) is 15.9 Å². The fourth-order valence-corrected chi connectivity index (χ4v) is 2.34. The van der Waals surface area contributed by atoms with E-state index in [1.165, 1.54) is 11.8 Å². The molecular formula is C15H12ClNOS. The molecule has 0 spiro atoms. The first kappa shape index (κ1) is 13.8. The van der Waals surface area contributed by atoms with Crippen molar-refractivity contribution in [3.05, 3.63) is 71.8 Å². The molecule has 0 N–H and O–H groups in total. The Morgan fingerprint density at radius 3 is 2.21 bits per heavy atom. The summed E-state index contributed by atoms with van der Waals surface area (Å²) in [5.74, 6) is 0.386. The summed E-state index contributed by atoms with van der Waals surface area (Å²) in [6, 6.07) is 18.8. The molecule has 0 unspecified atom stereocenters. The number of hydrogen-bond donors (Lipinski definition) is 0. The van der Waals surface area contributed by atoms with Crippen LogP contribution < -0.4 is 0 Å². The first-order valence-electron chi connectivity index (χ1n) is 5.76. The Morgan fingerprint density at radius 1 is 1.00 bits per heavy atom. The highest BCUT2D eigenvalue weighted by molar-refractivity contribution is 8.16. The Labute approximate surface area is 121 Å². The lowest BCUT2D eigenvalue weighted by Gasteiger charge is -1.99. The number of halogens is 1. The van der Waals surface area contributed by atoms with Gasteiger partial charge in [0.1, 0.15) is 0 Å². The van der Waals surface area contributed by atoms with Crippen LogP contribution >= 0.6 is 23.4 Å². The molecule has 19 heavy (non-hydrogen) atoms. The van der Waals surface area contributed by atoms with Crippen molar-refractivity contribution in [2.75, 3.05) is 0 Å². The summed E-state index contributed by atoms with van der Waals surface area (Å²) in [6.07, 6.45) is 0. The summed E-state index contributed by atoms with van der Waals surface area (Å²) < 4.78 is 0.262. The number of rotatable bonds is 3. The molecule has 0 saturated carbocycles. The average Bonchev–Trinajstić information content (AvgIpc) is 2.47. The Kier molecular flexibility index (Phi) is 5.19. The molecule has 0 bridgehead atoms. The van der Waals surface area contributed by atoms with Crippen molar-refractivity contribution < 1.29 is 4.79 Å². The maximum absolute atomic E-state index is 11.8. The molecule has 2 aromatic rings. The van der Waals surface area contributed by atoms with Crippen LogP contribution in [0.3, 0.4) is 0 Å². The maximum atomic E-state index is 11.8. The SMILES string of the molecule is O=C(N=C(Cl)SCc1ccccc1)c1ccccc1. The van der Waals surface area contributed by atoms with E-state index in [4.69, 9.17) is 11.6 Å². The Bertz CT molecular complexity index is 569. The van der Waals surface area contributed by atoms with E-state index in [0.717, 1.165) is 5.56 Å². The van der Waals surface area contributed by atoms with Gasteiger partial charge in [-0.15, -0.1) is 0 Å². The molecule has 0 radical (unpaired) electrons. The van der Waals surface area contributed by atoms with Gasteiger partial charge in [-0.2, -0.15) is 4.99 Å².